The summed E-state index contributed by atoms with van der Waals surface area (Å²) in [5.41, 5.74) is 1.19. The van der Waals surface area contributed by atoms with Crippen LogP contribution in [0.1, 0.15) is 23.7 Å². The predicted octanol–water partition coefficient (Wildman–Crippen LogP) is 3.50. The zero-order valence-corrected chi connectivity index (χ0v) is 13.8. The highest BCUT2D eigenvalue weighted by molar-refractivity contribution is 5.94. The quantitative estimate of drug-likeness (QED) is 0.834. The highest BCUT2D eigenvalue weighted by atomic mass is 19.2. The van der Waals surface area contributed by atoms with E-state index in [0.29, 0.717) is 17.0 Å². The van der Waals surface area contributed by atoms with Crippen molar-refractivity contribution in [1.29, 1.82) is 0 Å². The summed E-state index contributed by atoms with van der Waals surface area (Å²) in [6.07, 6.45) is 0.874. The molecule has 2 N–H and O–H groups in total. The maximum atomic E-state index is 13.3. The van der Waals surface area contributed by atoms with Gasteiger partial charge in [-0.2, -0.15) is 0 Å². The molecule has 0 saturated carbocycles. The molecular weight excluding hydrogens is 329 g/mol. The van der Waals surface area contributed by atoms with Crippen LogP contribution in [-0.4, -0.2) is 25.0 Å². The van der Waals surface area contributed by atoms with Crippen molar-refractivity contribution in [2.45, 2.75) is 19.4 Å². The summed E-state index contributed by atoms with van der Waals surface area (Å²) in [6, 6.07) is 8.35. The van der Waals surface area contributed by atoms with Crippen molar-refractivity contribution in [2.75, 3.05) is 13.1 Å². The van der Waals surface area contributed by atoms with Crippen LogP contribution in [0.25, 0.3) is 11.1 Å². The molecule has 0 aliphatic carbocycles. The molecule has 0 bridgehead atoms. The summed E-state index contributed by atoms with van der Waals surface area (Å²) < 4.78 is 39.7. The van der Waals surface area contributed by atoms with Crippen LogP contribution in [0.5, 0.6) is 0 Å². The molecule has 2 aromatic rings. The molecule has 0 aromatic heterocycles. The zero-order chi connectivity index (χ0) is 18.0. The van der Waals surface area contributed by atoms with Crippen LogP contribution in [0.2, 0.25) is 0 Å². The Hall–Kier alpha value is -2.34. The molecular formula is C19H19F3N2O. The second-order valence-electron chi connectivity index (χ2n) is 6.38. The normalized spacial score (nSPS) is 20.3. The van der Waals surface area contributed by atoms with Gasteiger partial charge in [-0.25, -0.2) is 13.2 Å². The molecule has 2 aromatic carbocycles. The van der Waals surface area contributed by atoms with Gasteiger partial charge in [-0.05, 0) is 60.8 Å². The van der Waals surface area contributed by atoms with Crippen LogP contribution in [0, 0.1) is 23.4 Å². The van der Waals surface area contributed by atoms with Gasteiger partial charge >= 0.3 is 0 Å². The Labute approximate surface area is 144 Å². The number of rotatable bonds is 3. The Morgan fingerprint density at radius 3 is 2.32 bits per heavy atom. The van der Waals surface area contributed by atoms with Gasteiger partial charge in [0.25, 0.3) is 5.91 Å². The number of carbonyl (C=O) groups is 1. The smallest absolute Gasteiger partial charge is 0.251 e. The Kier molecular flexibility index (Phi) is 5.08. The van der Waals surface area contributed by atoms with E-state index in [1.54, 1.807) is 24.3 Å². The summed E-state index contributed by atoms with van der Waals surface area (Å²) >= 11 is 0. The average Bonchev–Trinajstić information content (AvgIpc) is 2.61. The van der Waals surface area contributed by atoms with E-state index in [-0.39, 0.29) is 17.5 Å². The van der Waals surface area contributed by atoms with Crippen molar-refractivity contribution in [2.24, 2.45) is 5.92 Å². The molecule has 1 aliphatic heterocycles. The number of piperidine rings is 1. The monoisotopic (exact) mass is 348 g/mol. The second kappa shape index (κ2) is 7.27. The molecule has 1 amide bonds. The van der Waals surface area contributed by atoms with Crippen LogP contribution >= 0.6 is 0 Å². The molecule has 2 atom stereocenters. The SMILES string of the molecule is CC1CNCCC1NC(=O)c1ccc(-c2cc(F)c(F)c(F)c2)cc1. The van der Waals surface area contributed by atoms with Crippen LogP contribution in [-0.2, 0) is 0 Å². The van der Waals surface area contributed by atoms with Gasteiger partial charge in [0.15, 0.2) is 17.5 Å². The molecule has 1 fully saturated rings. The largest absolute Gasteiger partial charge is 0.349 e. The highest BCUT2D eigenvalue weighted by Crippen LogP contribution is 2.24. The first-order valence-corrected chi connectivity index (χ1v) is 8.22. The van der Waals surface area contributed by atoms with Crippen molar-refractivity contribution in [3.05, 3.63) is 59.4 Å². The van der Waals surface area contributed by atoms with E-state index in [1.807, 2.05) is 0 Å². The molecule has 0 radical (unpaired) electrons. The fraction of sp³-hybridized carbons (Fsp3) is 0.316. The number of hydrogen-bond donors (Lipinski definition) is 2. The maximum absolute atomic E-state index is 13.3. The van der Waals surface area contributed by atoms with Crippen LogP contribution in [0.15, 0.2) is 36.4 Å². The third kappa shape index (κ3) is 3.85. The van der Waals surface area contributed by atoms with E-state index in [2.05, 4.69) is 17.6 Å². The molecule has 1 saturated heterocycles. The van der Waals surface area contributed by atoms with Gasteiger partial charge in [0.1, 0.15) is 0 Å². The number of nitrogens with one attached hydrogen (secondary N) is 2. The molecule has 3 nitrogen and oxygen atoms in total. The van der Waals surface area contributed by atoms with Gasteiger partial charge in [-0.1, -0.05) is 19.1 Å². The van der Waals surface area contributed by atoms with Crippen molar-refractivity contribution >= 4 is 5.91 Å². The van der Waals surface area contributed by atoms with E-state index >= 15 is 0 Å². The lowest BCUT2D eigenvalue weighted by Gasteiger charge is -2.30. The van der Waals surface area contributed by atoms with E-state index in [1.165, 1.54) is 0 Å². The van der Waals surface area contributed by atoms with Gasteiger partial charge in [0, 0.05) is 11.6 Å². The molecule has 0 spiro atoms. The lowest BCUT2D eigenvalue weighted by molar-refractivity contribution is 0.0914. The third-order valence-corrected chi connectivity index (χ3v) is 4.57. The lowest BCUT2D eigenvalue weighted by atomic mass is 9.95. The first-order valence-electron chi connectivity index (χ1n) is 8.22. The number of carbonyl (C=O) groups excluding carboxylic acids is 1. The molecule has 1 heterocycles. The topological polar surface area (TPSA) is 41.1 Å². The maximum Gasteiger partial charge on any atom is 0.251 e. The number of benzene rings is 2. The molecule has 6 heteroatoms. The van der Waals surface area contributed by atoms with Crippen LogP contribution in [0.3, 0.4) is 0 Å². The zero-order valence-electron chi connectivity index (χ0n) is 13.8. The Morgan fingerprint density at radius 1 is 1.08 bits per heavy atom. The van der Waals surface area contributed by atoms with Crippen molar-refractivity contribution in [3.8, 4) is 11.1 Å². The van der Waals surface area contributed by atoms with Crippen LogP contribution in [0.4, 0.5) is 13.2 Å². The van der Waals surface area contributed by atoms with Gasteiger partial charge in [0.05, 0.1) is 0 Å². The van der Waals surface area contributed by atoms with Crippen molar-refractivity contribution in [1.82, 2.24) is 10.6 Å². The predicted molar refractivity (Wildman–Crippen MR) is 89.7 cm³/mol. The first kappa shape index (κ1) is 17.5. The van der Waals surface area contributed by atoms with Crippen molar-refractivity contribution < 1.29 is 18.0 Å². The third-order valence-electron chi connectivity index (χ3n) is 4.57. The number of amides is 1. The summed E-state index contributed by atoms with van der Waals surface area (Å²) in [7, 11) is 0. The summed E-state index contributed by atoms with van der Waals surface area (Å²) in [4.78, 5) is 12.4. The first-order chi connectivity index (χ1) is 12.0. The molecule has 2 unspecified atom stereocenters. The van der Waals surface area contributed by atoms with Gasteiger partial charge in [-0.3, -0.25) is 4.79 Å². The van der Waals surface area contributed by atoms with Crippen molar-refractivity contribution in [3.63, 3.8) is 0 Å². The molecule has 25 heavy (non-hydrogen) atoms. The lowest BCUT2D eigenvalue weighted by Crippen LogP contribution is -2.48. The van der Waals surface area contributed by atoms with Crippen LogP contribution < -0.4 is 10.6 Å². The fourth-order valence-corrected chi connectivity index (χ4v) is 3.02. The number of hydrogen-bond acceptors (Lipinski definition) is 2. The minimum absolute atomic E-state index is 0.119. The van der Waals surface area contributed by atoms with E-state index in [0.717, 1.165) is 31.6 Å². The average molecular weight is 348 g/mol. The fourth-order valence-electron chi connectivity index (χ4n) is 3.02. The van der Waals surface area contributed by atoms with E-state index < -0.39 is 17.5 Å². The summed E-state index contributed by atoms with van der Waals surface area (Å²) in [5, 5.41) is 6.30. The molecule has 3 rings (SSSR count). The molecule has 132 valence electrons. The Balaban J connectivity index is 1.74. The van der Waals surface area contributed by atoms with Gasteiger partial charge in [0.2, 0.25) is 0 Å². The van der Waals surface area contributed by atoms with Gasteiger partial charge in [-0.15, -0.1) is 0 Å². The summed E-state index contributed by atoms with van der Waals surface area (Å²) in [5.74, 6) is -3.80. The number of halogens is 3. The highest BCUT2D eigenvalue weighted by Gasteiger charge is 2.23. The van der Waals surface area contributed by atoms with E-state index in [9.17, 15) is 18.0 Å². The second-order valence-corrected chi connectivity index (χ2v) is 6.38. The van der Waals surface area contributed by atoms with E-state index in [4.69, 9.17) is 0 Å². The minimum atomic E-state index is -1.49. The van der Waals surface area contributed by atoms with Gasteiger partial charge < -0.3 is 10.6 Å². The Morgan fingerprint density at radius 2 is 1.72 bits per heavy atom. The minimum Gasteiger partial charge on any atom is -0.349 e. The Bertz CT molecular complexity index is 754. The summed E-state index contributed by atoms with van der Waals surface area (Å²) in [6.45, 7) is 3.82. The standard InChI is InChI=1S/C19H19F3N2O/c1-11-10-23-7-6-17(11)24-19(25)13-4-2-12(3-5-13)14-8-15(20)18(22)16(21)9-14/h2-5,8-9,11,17,23H,6-7,10H2,1H3,(H,24,25). The molecule has 1 aliphatic rings.